The van der Waals surface area contributed by atoms with E-state index in [1.54, 1.807) is 0 Å². The zero-order chi connectivity index (χ0) is 13.1. The number of nitrogen functional groups attached to an aromatic ring is 1. The molecule has 0 aliphatic heterocycles. The Balaban J connectivity index is 1.66. The lowest BCUT2D eigenvalue weighted by Crippen LogP contribution is -2.09. The van der Waals surface area contributed by atoms with E-state index in [-0.39, 0.29) is 0 Å². The van der Waals surface area contributed by atoms with Crippen LogP contribution in [0.25, 0.3) is 10.9 Å². The van der Waals surface area contributed by atoms with Crippen LogP contribution in [0.3, 0.4) is 0 Å². The second kappa shape index (κ2) is 5.02. The molecule has 4 nitrogen and oxygen atoms in total. The lowest BCUT2D eigenvalue weighted by atomic mass is 10.3. The summed E-state index contributed by atoms with van der Waals surface area (Å²) in [6.07, 6.45) is 1.87. The zero-order valence-electron chi connectivity index (χ0n) is 10.5. The van der Waals surface area contributed by atoms with Gasteiger partial charge in [0.15, 0.2) is 0 Å². The number of hydrogen-bond acceptors (Lipinski definition) is 3. The molecule has 0 amide bonds. The molecule has 0 saturated carbocycles. The first kappa shape index (κ1) is 11.6. The Kier molecular flexibility index (Phi) is 3.06. The summed E-state index contributed by atoms with van der Waals surface area (Å²) in [5.41, 5.74) is 7.54. The summed E-state index contributed by atoms with van der Waals surface area (Å²) in [6.45, 7) is 1.28. The number of aromatic nitrogens is 2. The third-order valence-electron chi connectivity index (χ3n) is 2.98. The Morgan fingerprint density at radius 3 is 2.89 bits per heavy atom. The number of para-hydroxylation sites is 1. The molecule has 0 atom stereocenters. The maximum Gasteiger partial charge on any atom is 0.121 e. The van der Waals surface area contributed by atoms with Crippen LogP contribution >= 0.6 is 0 Å². The molecule has 3 aromatic rings. The standard InChI is InChI=1S/C15H15N3O/c16-13-5-3-6-14(10-13)19-9-8-18-15-7-2-1-4-12(15)11-17-18/h1-7,10-11H,8-9,16H2. The molecule has 2 aromatic carbocycles. The van der Waals surface area contributed by atoms with Crippen molar-refractivity contribution in [3.63, 3.8) is 0 Å². The van der Waals surface area contributed by atoms with Crippen molar-refractivity contribution in [2.75, 3.05) is 12.3 Å². The average Bonchev–Trinajstić information content (AvgIpc) is 2.83. The van der Waals surface area contributed by atoms with Gasteiger partial charge in [-0.25, -0.2) is 0 Å². The van der Waals surface area contributed by atoms with E-state index >= 15 is 0 Å². The third-order valence-corrected chi connectivity index (χ3v) is 2.98. The van der Waals surface area contributed by atoms with Gasteiger partial charge < -0.3 is 10.5 Å². The van der Waals surface area contributed by atoms with Gasteiger partial charge in [0.2, 0.25) is 0 Å². The van der Waals surface area contributed by atoms with E-state index in [0.717, 1.165) is 16.7 Å². The fourth-order valence-electron chi connectivity index (χ4n) is 2.06. The SMILES string of the molecule is Nc1cccc(OCCn2ncc3ccccc32)c1. The molecule has 0 spiro atoms. The topological polar surface area (TPSA) is 53.1 Å². The van der Waals surface area contributed by atoms with E-state index in [1.807, 2.05) is 47.3 Å². The van der Waals surface area contributed by atoms with Crippen molar-refractivity contribution in [3.8, 4) is 5.75 Å². The molecule has 0 aliphatic carbocycles. The van der Waals surface area contributed by atoms with Crippen LogP contribution in [0.4, 0.5) is 5.69 Å². The minimum Gasteiger partial charge on any atom is -0.492 e. The molecule has 96 valence electrons. The monoisotopic (exact) mass is 253 g/mol. The fraction of sp³-hybridized carbons (Fsp3) is 0.133. The fourth-order valence-corrected chi connectivity index (χ4v) is 2.06. The lowest BCUT2D eigenvalue weighted by molar-refractivity contribution is 0.294. The molecule has 19 heavy (non-hydrogen) atoms. The van der Waals surface area contributed by atoms with Crippen LogP contribution in [0.2, 0.25) is 0 Å². The molecule has 1 heterocycles. The van der Waals surface area contributed by atoms with Crippen molar-refractivity contribution in [2.24, 2.45) is 0 Å². The van der Waals surface area contributed by atoms with Crippen LogP contribution in [0, 0.1) is 0 Å². The molecule has 0 unspecified atom stereocenters. The van der Waals surface area contributed by atoms with Crippen LogP contribution < -0.4 is 10.5 Å². The van der Waals surface area contributed by atoms with E-state index < -0.39 is 0 Å². The van der Waals surface area contributed by atoms with Crippen molar-refractivity contribution in [2.45, 2.75) is 6.54 Å². The van der Waals surface area contributed by atoms with Gasteiger partial charge >= 0.3 is 0 Å². The minimum atomic E-state index is 0.565. The summed E-state index contributed by atoms with van der Waals surface area (Å²) in [5, 5.41) is 5.50. The predicted molar refractivity (Wildman–Crippen MR) is 76.1 cm³/mol. The number of benzene rings is 2. The molecule has 2 N–H and O–H groups in total. The van der Waals surface area contributed by atoms with Gasteiger partial charge in [-0.2, -0.15) is 5.10 Å². The molecule has 0 radical (unpaired) electrons. The number of anilines is 1. The summed E-state index contributed by atoms with van der Waals surface area (Å²) in [6, 6.07) is 15.6. The smallest absolute Gasteiger partial charge is 0.121 e. The van der Waals surface area contributed by atoms with E-state index in [0.29, 0.717) is 18.8 Å². The van der Waals surface area contributed by atoms with E-state index in [4.69, 9.17) is 10.5 Å². The molecule has 0 bridgehead atoms. The highest BCUT2D eigenvalue weighted by atomic mass is 16.5. The summed E-state index contributed by atoms with van der Waals surface area (Å²) >= 11 is 0. The van der Waals surface area contributed by atoms with Crippen LogP contribution in [0.15, 0.2) is 54.7 Å². The second-order valence-electron chi connectivity index (χ2n) is 4.35. The van der Waals surface area contributed by atoms with Crippen LogP contribution in [0.1, 0.15) is 0 Å². The van der Waals surface area contributed by atoms with Crippen molar-refractivity contribution in [1.82, 2.24) is 9.78 Å². The number of fused-ring (bicyclic) bond motifs is 1. The summed E-state index contributed by atoms with van der Waals surface area (Å²) < 4.78 is 7.61. The Morgan fingerprint density at radius 1 is 1.11 bits per heavy atom. The molecule has 0 aliphatic rings. The van der Waals surface area contributed by atoms with Gasteiger partial charge in [-0.05, 0) is 18.2 Å². The van der Waals surface area contributed by atoms with E-state index in [2.05, 4.69) is 17.2 Å². The lowest BCUT2D eigenvalue weighted by Gasteiger charge is -2.07. The Morgan fingerprint density at radius 2 is 2.00 bits per heavy atom. The summed E-state index contributed by atoms with van der Waals surface area (Å²) in [5.74, 6) is 0.788. The highest BCUT2D eigenvalue weighted by molar-refractivity contribution is 5.78. The first-order valence-electron chi connectivity index (χ1n) is 6.22. The maximum atomic E-state index is 5.70. The first-order chi connectivity index (χ1) is 9.33. The Hall–Kier alpha value is -2.49. The largest absolute Gasteiger partial charge is 0.492 e. The highest BCUT2D eigenvalue weighted by Gasteiger charge is 2.01. The van der Waals surface area contributed by atoms with Gasteiger partial charge in [0.25, 0.3) is 0 Å². The van der Waals surface area contributed by atoms with Crippen molar-refractivity contribution >= 4 is 16.6 Å². The van der Waals surface area contributed by atoms with Crippen LogP contribution in [-0.2, 0) is 6.54 Å². The molecular weight excluding hydrogens is 238 g/mol. The number of rotatable bonds is 4. The van der Waals surface area contributed by atoms with Crippen molar-refractivity contribution < 1.29 is 4.74 Å². The molecule has 0 fully saturated rings. The van der Waals surface area contributed by atoms with Gasteiger partial charge in [0.05, 0.1) is 18.3 Å². The van der Waals surface area contributed by atoms with Gasteiger partial charge in [-0.15, -0.1) is 0 Å². The number of nitrogens with two attached hydrogens (primary N) is 1. The van der Waals surface area contributed by atoms with Crippen molar-refractivity contribution in [1.29, 1.82) is 0 Å². The Labute approximate surface area is 111 Å². The number of ether oxygens (including phenoxy) is 1. The number of nitrogens with zero attached hydrogens (tertiary/aromatic N) is 2. The summed E-state index contributed by atoms with van der Waals surface area (Å²) in [4.78, 5) is 0. The summed E-state index contributed by atoms with van der Waals surface area (Å²) in [7, 11) is 0. The quantitative estimate of drug-likeness (QED) is 0.727. The highest BCUT2D eigenvalue weighted by Crippen LogP contribution is 2.15. The van der Waals surface area contributed by atoms with Crippen LogP contribution in [-0.4, -0.2) is 16.4 Å². The number of hydrogen-bond donors (Lipinski definition) is 1. The normalized spacial score (nSPS) is 10.7. The van der Waals surface area contributed by atoms with Gasteiger partial charge in [-0.1, -0.05) is 24.3 Å². The minimum absolute atomic E-state index is 0.565. The van der Waals surface area contributed by atoms with Gasteiger partial charge in [0.1, 0.15) is 12.4 Å². The van der Waals surface area contributed by atoms with Gasteiger partial charge in [0, 0.05) is 17.1 Å². The zero-order valence-corrected chi connectivity index (χ0v) is 10.5. The predicted octanol–water partition coefficient (Wildman–Crippen LogP) is 2.70. The maximum absolute atomic E-state index is 5.70. The third kappa shape index (κ3) is 2.52. The molecule has 1 aromatic heterocycles. The molecule has 3 rings (SSSR count). The molecule has 4 heteroatoms. The second-order valence-corrected chi connectivity index (χ2v) is 4.35. The van der Waals surface area contributed by atoms with Crippen LogP contribution in [0.5, 0.6) is 5.75 Å². The van der Waals surface area contributed by atoms with E-state index in [9.17, 15) is 0 Å². The average molecular weight is 253 g/mol. The molecular formula is C15H15N3O. The van der Waals surface area contributed by atoms with Crippen molar-refractivity contribution in [3.05, 3.63) is 54.7 Å². The van der Waals surface area contributed by atoms with E-state index in [1.165, 1.54) is 0 Å². The van der Waals surface area contributed by atoms with Gasteiger partial charge in [-0.3, -0.25) is 4.68 Å². The molecule has 0 saturated heterocycles. The first-order valence-corrected chi connectivity index (χ1v) is 6.22. The Bertz CT molecular complexity index is 690.